The van der Waals surface area contributed by atoms with Gasteiger partial charge in [-0.1, -0.05) is 29.8 Å². The van der Waals surface area contributed by atoms with Crippen LogP contribution < -0.4 is 5.73 Å². The molecule has 0 bridgehead atoms. The van der Waals surface area contributed by atoms with Crippen molar-refractivity contribution in [3.63, 3.8) is 0 Å². The van der Waals surface area contributed by atoms with Gasteiger partial charge in [-0.25, -0.2) is 8.78 Å². The van der Waals surface area contributed by atoms with Crippen LogP contribution in [-0.2, 0) is 6.42 Å². The van der Waals surface area contributed by atoms with Crippen molar-refractivity contribution in [3.8, 4) is 0 Å². The normalized spacial score (nSPS) is 12.5. The minimum absolute atomic E-state index is 0.0825. The molecule has 0 fully saturated rings. The molecule has 0 aliphatic heterocycles. The van der Waals surface area contributed by atoms with Gasteiger partial charge in [-0.2, -0.15) is 0 Å². The summed E-state index contributed by atoms with van der Waals surface area (Å²) in [6, 6.07) is 8.80. The highest BCUT2D eigenvalue weighted by Gasteiger charge is 2.13. The van der Waals surface area contributed by atoms with Gasteiger partial charge in [0.25, 0.3) is 0 Å². The van der Waals surface area contributed by atoms with Crippen LogP contribution in [0, 0.1) is 11.6 Å². The summed E-state index contributed by atoms with van der Waals surface area (Å²) in [6.07, 6.45) is 0.384. The van der Waals surface area contributed by atoms with E-state index in [-0.39, 0.29) is 16.9 Å². The average Bonchev–Trinajstić information content (AvgIpc) is 2.38. The highest BCUT2D eigenvalue weighted by molar-refractivity contribution is 9.10. The van der Waals surface area contributed by atoms with Gasteiger partial charge < -0.3 is 5.73 Å². The largest absolute Gasteiger partial charge is 0.324 e. The Morgan fingerprint density at radius 2 is 1.89 bits per heavy atom. The summed E-state index contributed by atoms with van der Waals surface area (Å²) in [4.78, 5) is 0. The zero-order valence-electron chi connectivity index (χ0n) is 9.84. The van der Waals surface area contributed by atoms with Gasteiger partial charge in [0, 0.05) is 6.04 Å². The van der Waals surface area contributed by atoms with Crippen LogP contribution in [0.3, 0.4) is 0 Å². The van der Waals surface area contributed by atoms with Crippen LogP contribution in [0.2, 0.25) is 5.02 Å². The van der Waals surface area contributed by atoms with Crippen molar-refractivity contribution in [3.05, 3.63) is 68.7 Å². The molecule has 0 radical (unpaired) electrons. The Kier molecular flexibility index (Phi) is 4.55. The number of rotatable bonds is 3. The quantitative estimate of drug-likeness (QED) is 0.862. The Hall–Kier alpha value is -0.970. The molecule has 2 rings (SSSR count). The summed E-state index contributed by atoms with van der Waals surface area (Å²) in [7, 11) is 0. The Bertz CT molecular complexity index is 604. The molecule has 0 aliphatic rings. The first-order valence-corrected chi connectivity index (χ1v) is 6.79. The van der Waals surface area contributed by atoms with E-state index in [0.29, 0.717) is 16.5 Å². The molecule has 0 saturated carbocycles. The number of hydrogen-bond acceptors (Lipinski definition) is 1. The molecule has 19 heavy (non-hydrogen) atoms. The lowest BCUT2D eigenvalue weighted by atomic mass is 9.99. The molecule has 2 N–H and O–H groups in total. The molecule has 0 spiro atoms. The fraction of sp³-hybridized carbons (Fsp3) is 0.143. The van der Waals surface area contributed by atoms with Crippen molar-refractivity contribution in [1.82, 2.24) is 0 Å². The molecular formula is C14H11BrClF2N. The van der Waals surface area contributed by atoms with Gasteiger partial charge in [0.1, 0.15) is 11.6 Å². The van der Waals surface area contributed by atoms with Crippen molar-refractivity contribution in [2.24, 2.45) is 5.73 Å². The third-order valence-electron chi connectivity index (χ3n) is 2.84. The number of halogens is 4. The molecule has 2 aromatic rings. The van der Waals surface area contributed by atoms with Gasteiger partial charge in [-0.15, -0.1) is 0 Å². The highest BCUT2D eigenvalue weighted by atomic mass is 79.9. The number of benzene rings is 2. The second-order valence-electron chi connectivity index (χ2n) is 4.20. The van der Waals surface area contributed by atoms with Crippen molar-refractivity contribution in [2.75, 3.05) is 0 Å². The van der Waals surface area contributed by atoms with Crippen LogP contribution in [-0.4, -0.2) is 0 Å². The van der Waals surface area contributed by atoms with E-state index >= 15 is 0 Å². The van der Waals surface area contributed by atoms with Crippen molar-refractivity contribution in [2.45, 2.75) is 12.5 Å². The molecule has 0 aliphatic carbocycles. The average molecular weight is 347 g/mol. The van der Waals surface area contributed by atoms with Gasteiger partial charge >= 0.3 is 0 Å². The van der Waals surface area contributed by atoms with Gasteiger partial charge in [-0.05, 0) is 51.7 Å². The van der Waals surface area contributed by atoms with Crippen LogP contribution in [0.15, 0.2) is 40.9 Å². The van der Waals surface area contributed by atoms with Crippen LogP contribution >= 0.6 is 27.5 Å². The van der Waals surface area contributed by atoms with Crippen LogP contribution in [0.25, 0.3) is 0 Å². The van der Waals surface area contributed by atoms with Crippen LogP contribution in [0.1, 0.15) is 17.2 Å². The van der Waals surface area contributed by atoms with Crippen LogP contribution in [0.4, 0.5) is 8.78 Å². The predicted octanol–water partition coefficient (Wildman–Crippen LogP) is 4.62. The van der Waals surface area contributed by atoms with E-state index in [1.807, 2.05) is 0 Å². The second kappa shape index (κ2) is 5.99. The van der Waals surface area contributed by atoms with E-state index in [1.54, 1.807) is 24.3 Å². The smallest absolute Gasteiger partial charge is 0.142 e. The maximum absolute atomic E-state index is 13.3. The Balaban J connectivity index is 2.23. The van der Waals surface area contributed by atoms with Crippen molar-refractivity contribution in [1.29, 1.82) is 0 Å². The minimum Gasteiger partial charge on any atom is -0.324 e. The van der Waals surface area contributed by atoms with Gasteiger partial charge in [0.2, 0.25) is 0 Å². The fourth-order valence-corrected chi connectivity index (χ4v) is 2.40. The topological polar surface area (TPSA) is 26.0 Å². The van der Waals surface area contributed by atoms with E-state index in [4.69, 9.17) is 17.3 Å². The van der Waals surface area contributed by atoms with Gasteiger partial charge in [0.05, 0.1) is 9.50 Å². The van der Waals surface area contributed by atoms with Crippen LogP contribution in [0.5, 0.6) is 0 Å². The van der Waals surface area contributed by atoms with Crippen molar-refractivity contribution >= 4 is 27.5 Å². The lowest BCUT2D eigenvalue weighted by molar-refractivity contribution is 0.616. The maximum Gasteiger partial charge on any atom is 0.142 e. The zero-order chi connectivity index (χ0) is 14.0. The first-order chi connectivity index (χ1) is 8.99. The summed E-state index contributed by atoms with van der Waals surface area (Å²) >= 11 is 8.99. The summed E-state index contributed by atoms with van der Waals surface area (Å²) < 4.78 is 26.8. The van der Waals surface area contributed by atoms with Gasteiger partial charge in [-0.3, -0.25) is 0 Å². The molecular weight excluding hydrogens is 336 g/mol. The van der Waals surface area contributed by atoms with Gasteiger partial charge in [0.15, 0.2) is 0 Å². The first kappa shape index (κ1) is 14.4. The Morgan fingerprint density at radius 3 is 2.58 bits per heavy atom. The molecule has 0 saturated heterocycles. The Morgan fingerprint density at radius 1 is 1.16 bits per heavy atom. The standard InChI is InChI=1S/C14H11BrClF2N/c15-10-6-8(4-5-11(10)17)13(19)7-9-2-1-3-12(18)14(9)16/h1-6,13H,7,19H2. The monoisotopic (exact) mass is 345 g/mol. The summed E-state index contributed by atoms with van der Waals surface area (Å²) in [5, 5.41) is 0.0825. The molecule has 100 valence electrons. The Labute approximate surface area is 123 Å². The SMILES string of the molecule is NC(Cc1cccc(F)c1Cl)c1ccc(F)c(Br)c1. The molecule has 5 heteroatoms. The molecule has 1 atom stereocenters. The van der Waals surface area contributed by atoms with E-state index < -0.39 is 5.82 Å². The fourth-order valence-electron chi connectivity index (χ4n) is 1.80. The third-order valence-corrected chi connectivity index (χ3v) is 3.87. The highest BCUT2D eigenvalue weighted by Crippen LogP contribution is 2.26. The zero-order valence-corrected chi connectivity index (χ0v) is 12.2. The summed E-state index contributed by atoms with van der Waals surface area (Å²) in [6.45, 7) is 0. The summed E-state index contributed by atoms with van der Waals surface area (Å²) in [5.41, 5.74) is 7.43. The predicted molar refractivity (Wildman–Crippen MR) is 76.1 cm³/mol. The van der Waals surface area contributed by atoms with E-state index in [2.05, 4.69) is 15.9 Å². The minimum atomic E-state index is -0.466. The third kappa shape index (κ3) is 3.32. The van der Waals surface area contributed by atoms with E-state index in [9.17, 15) is 8.78 Å². The van der Waals surface area contributed by atoms with Crippen molar-refractivity contribution < 1.29 is 8.78 Å². The molecule has 0 aromatic heterocycles. The molecule has 1 nitrogen and oxygen atoms in total. The summed E-state index contributed by atoms with van der Waals surface area (Å²) in [5.74, 6) is -0.814. The first-order valence-electron chi connectivity index (χ1n) is 5.62. The number of nitrogens with two attached hydrogens (primary N) is 1. The molecule has 1 unspecified atom stereocenters. The van der Waals surface area contributed by atoms with E-state index in [0.717, 1.165) is 5.56 Å². The number of hydrogen-bond donors (Lipinski definition) is 1. The molecule has 0 heterocycles. The second-order valence-corrected chi connectivity index (χ2v) is 5.43. The lowest BCUT2D eigenvalue weighted by Crippen LogP contribution is -2.14. The van der Waals surface area contributed by atoms with E-state index in [1.165, 1.54) is 12.1 Å². The molecule has 0 amide bonds. The maximum atomic E-state index is 13.3. The molecule has 2 aromatic carbocycles. The lowest BCUT2D eigenvalue weighted by Gasteiger charge is -2.14.